The van der Waals surface area contributed by atoms with Gasteiger partial charge in [0.25, 0.3) is 0 Å². The molecule has 13 heteroatoms. The number of nitrogens with one attached hydrogen (secondary N) is 2. The molecule has 0 aliphatic heterocycles. The Morgan fingerprint density at radius 3 is 2.48 bits per heavy atom. The SMILES string of the molecule is CNS(=O)(=O)c1ccc(Nc2ncc(C(F)(F)F)c(-n3cc([C@@H]4CCC[C@H]4O)cn3)n2)cc1. The number of aliphatic hydroxyl groups is 1. The van der Waals surface area contributed by atoms with Crippen LogP contribution in [0.25, 0.3) is 5.82 Å². The molecule has 0 bridgehead atoms. The summed E-state index contributed by atoms with van der Waals surface area (Å²) in [6, 6.07) is 5.56. The number of rotatable bonds is 6. The van der Waals surface area contributed by atoms with Crippen LogP contribution in [-0.4, -0.2) is 46.4 Å². The second-order valence-electron chi connectivity index (χ2n) is 7.61. The van der Waals surface area contributed by atoms with Crippen molar-refractivity contribution < 1.29 is 26.7 Å². The molecule has 1 aliphatic carbocycles. The van der Waals surface area contributed by atoms with Crippen LogP contribution in [0.3, 0.4) is 0 Å². The molecule has 2 atom stereocenters. The number of aliphatic hydroxyl groups excluding tert-OH is 1. The van der Waals surface area contributed by atoms with Crippen LogP contribution in [0.15, 0.2) is 47.8 Å². The van der Waals surface area contributed by atoms with Crippen molar-refractivity contribution in [1.82, 2.24) is 24.5 Å². The molecular formula is C20H21F3N6O3S. The Balaban J connectivity index is 1.66. The van der Waals surface area contributed by atoms with Crippen molar-refractivity contribution in [1.29, 1.82) is 0 Å². The minimum Gasteiger partial charge on any atom is -0.392 e. The Morgan fingerprint density at radius 1 is 1.15 bits per heavy atom. The molecule has 0 unspecified atom stereocenters. The van der Waals surface area contributed by atoms with Gasteiger partial charge in [0, 0.05) is 24.0 Å². The van der Waals surface area contributed by atoms with Gasteiger partial charge < -0.3 is 10.4 Å². The van der Waals surface area contributed by atoms with Gasteiger partial charge in [-0.15, -0.1) is 0 Å². The van der Waals surface area contributed by atoms with Crippen LogP contribution in [0.2, 0.25) is 0 Å². The van der Waals surface area contributed by atoms with E-state index in [0.29, 0.717) is 23.9 Å². The molecule has 2 heterocycles. The second-order valence-corrected chi connectivity index (χ2v) is 9.50. The molecule has 33 heavy (non-hydrogen) atoms. The zero-order valence-electron chi connectivity index (χ0n) is 17.4. The van der Waals surface area contributed by atoms with Crippen molar-refractivity contribution >= 4 is 21.7 Å². The van der Waals surface area contributed by atoms with Crippen molar-refractivity contribution in [2.75, 3.05) is 12.4 Å². The van der Waals surface area contributed by atoms with Gasteiger partial charge in [-0.3, -0.25) is 0 Å². The first-order chi connectivity index (χ1) is 15.6. The summed E-state index contributed by atoms with van der Waals surface area (Å²) in [5.41, 5.74) is -0.0429. The Morgan fingerprint density at radius 2 is 1.88 bits per heavy atom. The van der Waals surface area contributed by atoms with Gasteiger partial charge in [0.15, 0.2) is 5.82 Å². The summed E-state index contributed by atoms with van der Waals surface area (Å²) in [6.45, 7) is 0. The van der Waals surface area contributed by atoms with E-state index < -0.39 is 33.7 Å². The van der Waals surface area contributed by atoms with Crippen molar-refractivity contribution in [2.45, 2.75) is 42.4 Å². The number of hydrogen-bond donors (Lipinski definition) is 3. The second kappa shape index (κ2) is 8.72. The number of hydrogen-bond acceptors (Lipinski definition) is 7. The fourth-order valence-electron chi connectivity index (χ4n) is 3.75. The third kappa shape index (κ3) is 4.84. The molecule has 1 aromatic carbocycles. The normalized spacial score (nSPS) is 19.1. The summed E-state index contributed by atoms with van der Waals surface area (Å²) in [5.74, 6) is -0.770. The van der Waals surface area contributed by atoms with Gasteiger partial charge in [-0.1, -0.05) is 6.42 Å². The molecule has 1 aliphatic rings. The summed E-state index contributed by atoms with van der Waals surface area (Å²) in [4.78, 5) is 7.80. The fraction of sp³-hybridized carbons (Fsp3) is 0.350. The van der Waals surface area contributed by atoms with E-state index in [1.165, 1.54) is 43.7 Å². The van der Waals surface area contributed by atoms with E-state index in [2.05, 4.69) is 25.1 Å². The molecule has 1 saturated carbocycles. The van der Waals surface area contributed by atoms with E-state index in [1.807, 2.05) is 0 Å². The maximum atomic E-state index is 13.6. The molecule has 1 fully saturated rings. The third-order valence-corrected chi connectivity index (χ3v) is 6.92. The molecule has 176 valence electrons. The number of nitrogens with zero attached hydrogens (tertiary/aromatic N) is 4. The van der Waals surface area contributed by atoms with E-state index in [4.69, 9.17) is 0 Å². The van der Waals surface area contributed by atoms with Gasteiger partial charge in [0.1, 0.15) is 5.56 Å². The number of sulfonamides is 1. The van der Waals surface area contributed by atoms with Crippen LogP contribution >= 0.6 is 0 Å². The molecule has 0 spiro atoms. The van der Waals surface area contributed by atoms with Gasteiger partial charge >= 0.3 is 6.18 Å². The highest BCUT2D eigenvalue weighted by Crippen LogP contribution is 2.36. The van der Waals surface area contributed by atoms with Gasteiger partial charge in [0.05, 0.1) is 17.2 Å². The first kappa shape index (κ1) is 23.1. The number of alkyl halides is 3. The molecule has 3 N–H and O–H groups in total. The zero-order valence-corrected chi connectivity index (χ0v) is 18.2. The molecule has 3 aromatic rings. The molecule has 0 amide bonds. The first-order valence-corrected chi connectivity index (χ1v) is 11.5. The van der Waals surface area contributed by atoms with E-state index in [-0.39, 0.29) is 16.8 Å². The van der Waals surface area contributed by atoms with Crippen LogP contribution in [0, 0.1) is 0 Å². The van der Waals surface area contributed by atoms with E-state index in [1.54, 1.807) is 0 Å². The van der Waals surface area contributed by atoms with Crippen LogP contribution in [0.5, 0.6) is 0 Å². The van der Waals surface area contributed by atoms with Crippen molar-refractivity contribution in [3.05, 3.63) is 54.0 Å². The lowest BCUT2D eigenvalue weighted by atomic mass is 9.99. The highest BCUT2D eigenvalue weighted by Gasteiger charge is 2.36. The van der Waals surface area contributed by atoms with E-state index in [9.17, 15) is 26.7 Å². The van der Waals surface area contributed by atoms with Crippen LogP contribution in [0.1, 0.15) is 36.3 Å². The lowest BCUT2D eigenvalue weighted by Gasteiger charge is -2.14. The molecule has 4 rings (SSSR count). The Hall–Kier alpha value is -3.03. The molecule has 9 nitrogen and oxygen atoms in total. The molecular weight excluding hydrogens is 461 g/mol. The van der Waals surface area contributed by atoms with Crippen LogP contribution in [-0.2, 0) is 16.2 Å². The smallest absolute Gasteiger partial charge is 0.392 e. The molecule has 0 saturated heterocycles. The maximum Gasteiger partial charge on any atom is 0.421 e. The lowest BCUT2D eigenvalue weighted by Crippen LogP contribution is -2.18. The fourth-order valence-corrected chi connectivity index (χ4v) is 4.48. The minimum atomic E-state index is -4.71. The number of anilines is 2. The number of halogens is 3. The third-order valence-electron chi connectivity index (χ3n) is 5.49. The summed E-state index contributed by atoms with van der Waals surface area (Å²) in [6.07, 6.45) is 0.483. The average Bonchev–Trinajstić information content (AvgIpc) is 3.42. The van der Waals surface area contributed by atoms with Crippen molar-refractivity contribution in [3.8, 4) is 5.82 Å². The van der Waals surface area contributed by atoms with Gasteiger partial charge in [-0.2, -0.15) is 23.3 Å². The predicted octanol–water partition coefficient (Wildman–Crippen LogP) is 2.96. The van der Waals surface area contributed by atoms with Gasteiger partial charge in [0.2, 0.25) is 16.0 Å². The largest absolute Gasteiger partial charge is 0.421 e. The summed E-state index contributed by atoms with van der Waals surface area (Å²) < 4.78 is 67.7. The van der Waals surface area contributed by atoms with Crippen molar-refractivity contribution in [3.63, 3.8) is 0 Å². The predicted molar refractivity (Wildman–Crippen MR) is 113 cm³/mol. The standard InChI is InChI=1S/C20H21F3N6O3S/c1-24-33(31,32)14-7-5-13(6-8-14)27-19-25-10-16(20(21,22)23)18(28-19)29-11-12(9-26-29)15-3-2-4-17(15)30/h5-11,15,17,24,30H,2-4H2,1H3,(H,25,27,28)/t15-,17+/m0/s1. The number of benzene rings is 1. The van der Waals surface area contributed by atoms with Crippen molar-refractivity contribution in [2.24, 2.45) is 0 Å². The maximum absolute atomic E-state index is 13.6. The Bertz CT molecular complexity index is 1240. The first-order valence-electron chi connectivity index (χ1n) is 10.1. The molecule has 2 aromatic heterocycles. The summed E-state index contributed by atoms with van der Waals surface area (Å²) >= 11 is 0. The van der Waals surface area contributed by atoms with Crippen LogP contribution < -0.4 is 10.0 Å². The minimum absolute atomic E-state index is 0.0303. The zero-order chi connectivity index (χ0) is 23.8. The topological polar surface area (TPSA) is 122 Å². The average molecular weight is 482 g/mol. The van der Waals surface area contributed by atoms with E-state index >= 15 is 0 Å². The summed E-state index contributed by atoms with van der Waals surface area (Å²) in [7, 11) is -2.34. The van der Waals surface area contributed by atoms with E-state index in [0.717, 1.165) is 17.5 Å². The Labute approximate surface area is 187 Å². The molecule has 0 radical (unpaired) electrons. The summed E-state index contributed by atoms with van der Waals surface area (Å²) in [5, 5.41) is 16.9. The Kier molecular flexibility index (Phi) is 6.12. The van der Waals surface area contributed by atoms with Crippen LogP contribution in [0.4, 0.5) is 24.8 Å². The quantitative estimate of drug-likeness (QED) is 0.494. The van der Waals surface area contributed by atoms with Gasteiger partial charge in [-0.05, 0) is 49.7 Å². The number of aromatic nitrogens is 4. The monoisotopic (exact) mass is 482 g/mol. The highest BCUT2D eigenvalue weighted by atomic mass is 32.2. The highest BCUT2D eigenvalue weighted by molar-refractivity contribution is 7.89. The lowest BCUT2D eigenvalue weighted by molar-refractivity contribution is -0.138. The van der Waals surface area contributed by atoms with Gasteiger partial charge in [-0.25, -0.2) is 22.8 Å².